The normalized spacial score (nSPS) is 21.0. The van der Waals surface area contributed by atoms with Crippen LogP contribution in [-0.4, -0.2) is 62.9 Å². The molecule has 2 heterocycles. The van der Waals surface area contributed by atoms with Crippen molar-refractivity contribution in [3.8, 4) is 0 Å². The monoisotopic (exact) mass is 319 g/mol. The van der Waals surface area contributed by atoms with Crippen LogP contribution < -0.4 is 0 Å². The quantitative estimate of drug-likeness (QED) is 0.836. The SMILES string of the molecule is CCN(CC)C(=O)c1cn(C2CCN(C3CCCC3)CC2)nn1. The summed E-state index contributed by atoms with van der Waals surface area (Å²) < 4.78 is 1.92. The van der Waals surface area contributed by atoms with E-state index in [1.165, 1.54) is 25.7 Å². The topological polar surface area (TPSA) is 54.3 Å². The second-order valence-corrected chi connectivity index (χ2v) is 6.77. The summed E-state index contributed by atoms with van der Waals surface area (Å²) in [4.78, 5) is 16.8. The first-order chi connectivity index (χ1) is 11.2. The summed E-state index contributed by atoms with van der Waals surface area (Å²) >= 11 is 0. The van der Waals surface area contributed by atoms with Gasteiger partial charge in [0, 0.05) is 32.2 Å². The first-order valence-corrected chi connectivity index (χ1v) is 9.18. The molecule has 0 radical (unpaired) electrons. The summed E-state index contributed by atoms with van der Waals surface area (Å²) in [6.07, 6.45) is 9.59. The maximum Gasteiger partial charge on any atom is 0.276 e. The number of carbonyl (C=O) groups excluding carboxylic acids is 1. The molecule has 1 amide bonds. The number of hydrogen-bond donors (Lipinski definition) is 0. The number of hydrogen-bond acceptors (Lipinski definition) is 4. The third kappa shape index (κ3) is 3.57. The molecule has 1 aromatic heterocycles. The van der Waals surface area contributed by atoms with Crippen LogP contribution in [0.25, 0.3) is 0 Å². The van der Waals surface area contributed by atoms with Crippen molar-refractivity contribution in [2.45, 2.75) is 64.5 Å². The van der Waals surface area contributed by atoms with Gasteiger partial charge in [-0.25, -0.2) is 4.68 Å². The first kappa shape index (κ1) is 16.4. The van der Waals surface area contributed by atoms with Gasteiger partial charge >= 0.3 is 0 Å². The van der Waals surface area contributed by atoms with Gasteiger partial charge in [-0.15, -0.1) is 5.10 Å². The highest BCUT2D eigenvalue weighted by Gasteiger charge is 2.28. The van der Waals surface area contributed by atoms with Gasteiger partial charge in [0.05, 0.1) is 12.2 Å². The lowest BCUT2D eigenvalue weighted by Gasteiger charge is -2.35. The van der Waals surface area contributed by atoms with Crippen molar-refractivity contribution in [1.82, 2.24) is 24.8 Å². The fraction of sp³-hybridized carbons (Fsp3) is 0.824. The van der Waals surface area contributed by atoms with Crippen LogP contribution in [0.1, 0.15) is 68.9 Å². The molecule has 6 nitrogen and oxygen atoms in total. The van der Waals surface area contributed by atoms with E-state index < -0.39 is 0 Å². The Morgan fingerprint density at radius 2 is 1.78 bits per heavy atom. The average molecular weight is 319 g/mol. The standard InChI is InChI=1S/C17H29N5O/c1-3-20(4-2)17(23)16-13-22(19-18-16)15-9-11-21(12-10-15)14-7-5-6-8-14/h13-15H,3-12H2,1-2H3. The number of likely N-dealkylation sites (tertiary alicyclic amines) is 1. The van der Waals surface area contributed by atoms with E-state index in [4.69, 9.17) is 0 Å². The van der Waals surface area contributed by atoms with E-state index in [0.29, 0.717) is 24.8 Å². The van der Waals surface area contributed by atoms with E-state index in [-0.39, 0.29) is 5.91 Å². The minimum atomic E-state index is -0.00959. The second kappa shape index (κ2) is 7.43. The Labute approximate surface area is 138 Å². The highest BCUT2D eigenvalue weighted by Crippen LogP contribution is 2.29. The largest absolute Gasteiger partial charge is 0.338 e. The summed E-state index contributed by atoms with van der Waals surface area (Å²) in [7, 11) is 0. The molecular weight excluding hydrogens is 290 g/mol. The van der Waals surface area contributed by atoms with Crippen LogP contribution in [0.3, 0.4) is 0 Å². The molecule has 0 aromatic carbocycles. The fourth-order valence-electron chi connectivity index (χ4n) is 4.01. The summed E-state index contributed by atoms with van der Waals surface area (Å²) in [5.74, 6) is -0.00959. The van der Waals surface area contributed by atoms with E-state index in [1.54, 1.807) is 4.90 Å². The van der Waals surface area contributed by atoms with Gasteiger partial charge in [-0.2, -0.15) is 0 Å². The molecule has 1 aliphatic heterocycles. The Balaban J connectivity index is 1.57. The first-order valence-electron chi connectivity index (χ1n) is 9.18. The van der Waals surface area contributed by atoms with Crippen molar-refractivity contribution in [3.63, 3.8) is 0 Å². The molecule has 3 rings (SSSR count). The van der Waals surface area contributed by atoms with E-state index >= 15 is 0 Å². The van der Waals surface area contributed by atoms with Crippen LogP contribution >= 0.6 is 0 Å². The molecular formula is C17H29N5O. The van der Waals surface area contributed by atoms with Gasteiger partial charge in [0.25, 0.3) is 5.91 Å². The van der Waals surface area contributed by atoms with Crippen LogP contribution in [0.15, 0.2) is 6.20 Å². The van der Waals surface area contributed by atoms with E-state index in [0.717, 1.165) is 32.0 Å². The van der Waals surface area contributed by atoms with E-state index in [9.17, 15) is 4.79 Å². The summed E-state index contributed by atoms with van der Waals surface area (Å²) in [5, 5.41) is 8.35. The van der Waals surface area contributed by atoms with Crippen molar-refractivity contribution in [3.05, 3.63) is 11.9 Å². The van der Waals surface area contributed by atoms with Crippen molar-refractivity contribution >= 4 is 5.91 Å². The predicted molar refractivity (Wildman–Crippen MR) is 89.4 cm³/mol. The lowest BCUT2D eigenvalue weighted by molar-refractivity contribution is 0.0767. The zero-order valence-corrected chi connectivity index (χ0v) is 14.4. The van der Waals surface area contributed by atoms with Crippen LogP contribution in [0.2, 0.25) is 0 Å². The smallest absolute Gasteiger partial charge is 0.276 e. The minimum absolute atomic E-state index is 0.00959. The number of rotatable bonds is 5. The number of nitrogens with zero attached hydrogens (tertiary/aromatic N) is 5. The number of amides is 1. The maximum atomic E-state index is 12.3. The van der Waals surface area contributed by atoms with Crippen LogP contribution in [0.5, 0.6) is 0 Å². The van der Waals surface area contributed by atoms with Gasteiger partial charge in [0.1, 0.15) is 0 Å². The molecule has 0 bridgehead atoms. The van der Waals surface area contributed by atoms with Crippen LogP contribution in [0.4, 0.5) is 0 Å². The van der Waals surface area contributed by atoms with Crippen molar-refractivity contribution in [2.24, 2.45) is 0 Å². The number of aromatic nitrogens is 3. The van der Waals surface area contributed by atoms with Crippen LogP contribution in [-0.2, 0) is 0 Å². The van der Waals surface area contributed by atoms with Crippen molar-refractivity contribution in [2.75, 3.05) is 26.2 Å². The molecule has 6 heteroatoms. The molecule has 2 fully saturated rings. The number of carbonyl (C=O) groups is 1. The van der Waals surface area contributed by atoms with E-state index in [2.05, 4.69) is 15.2 Å². The number of piperidine rings is 1. The summed E-state index contributed by atoms with van der Waals surface area (Å²) in [5.41, 5.74) is 0.479. The lowest BCUT2D eigenvalue weighted by Crippen LogP contribution is -2.40. The molecule has 0 atom stereocenters. The van der Waals surface area contributed by atoms with E-state index in [1.807, 2.05) is 24.7 Å². The molecule has 1 saturated carbocycles. The van der Waals surface area contributed by atoms with Gasteiger partial charge in [0.2, 0.25) is 0 Å². The van der Waals surface area contributed by atoms with Gasteiger partial charge in [0.15, 0.2) is 5.69 Å². The fourth-order valence-corrected chi connectivity index (χ4v) is 4.01. The Hall–Kier alpha value is -1.43. The molecule has 1 aromatic rings. The van der Waals surface area contributed by atoms with Gasteiger partial charge in [-0.05, 0) is 39.5 Å². The summed E-state index contributed by atoms with van der Waals surface area (Å²) in [6, 6.07) is 1.20. The third-order valence-corrected chi connectivity index (χ3v) is 5.49. The highest BCUT2D eigenvalue weighted by atomic mass is 16.2. The molecule has 2 aliphatic rings. The maximum absolute atomic E-state index is 12.3. The molecule has 23 heavy (non-hydrogen) atoms. The lowest BCUT2D eigenvalue weighted by atomic mass is 10.0. The Morgan fingerprint density at radius 1 is 1.13 bits per heavy atom. The second-order valence-electron chi connectivity index (χ2n) is 6.77. The molecule has 1 aliphatic carbocycles. The zero-order chi connectivity index (χ0) is 16.2. The molecule has 128 valence electrons. The Morgan fingerprint density at radius 3 is 2.39 bits per heavy atom. The molecule has 0 N–H and O–H groups in total. The van der Waals surface area contributed by atoms with Crippen molar-refractivity contribution < 1.29 is 4.79 Å². The Kier molecular flexibility index (Phi) is 5.30. The zero-order valence-electron chi connectivity index (χ0n) is 14.4. The van der Waals surface area contributed by atoms with Crippen LogP contribution in [0, 0.1) is 0 Å². The summed E-state index contributed by atoms with van der Waals surface area (Å²) in [6.45, 7) is 7.70. The minimum Gasteiger partial charge on any atom is -0.338 e. The molecule has 0 spiro atoms. The van der Waals surface area contributed by atoms with Gasteiger partial charge < -0.3 is 9.80 Å². The molecule has 0 unspecified atom stereocenters. The highest BCUT2D eigenvalue weighted by molar-refractivity contribution is 5.91. The average Bonchev–Trinajstić information content (AvgIpc) is 3.28. The van der Waals surface area contributed by atoms with Gasteiger partial charge in [-0.3, -0.25) is 4.79 Å². The predicted octanol–water partition coefficient (Wildman–Crippen LogP) is 2.34. The molecule has 1 saturated heterocycles. The van der Waals surface area contributed by atoms with Gasteiger partial charge in [-0.1, -0.05) is 18.1 Å². The Bertz CT molecular complexity index is 511. The third-order valence-electron chi connectivity index (χ3n) is 5.49. The van der Waals surface area contributed by atoms with Crippen molar-refractivity contribution in [1.29, 1.82) is 0 Å².